The molecular formula is C79H148N2O21. The summed E-state index contributed by atoms with van der Waals surface area (Å²) in [5.74, 6) is -6.13. The summed E-state index contributed by atoms with van der Waals surface area (Å²) >= 11 is 0. The number of amides is 2. The molecule has 3 rings (SSSR count). The molecule has 0 saturated carbocycles. The van der Waals surface area contributed by atoms with E-state index in [1.165, 1.54) is 244 Å². The van der Waals surface area contributed by atoms with E-state index in [0.29, 0.717) is 12.8 Å². The first-order valence-electron chi connectivity index (χ1n) is 41.1. The quantitative estimate of drug-likeness (QED) is 0.0199. The van der Waals surface area contributed by atoms with Gasteiger partial charge < -0.3 is 100 Å². The minimum absolute atomic E-state index is 0.206. The Hall–Kier alpha value is -2.53. The van der Waals surface area contributed by atoms with E-state index in [4.69, 9.17) is 28.4 Å². The van der Waals surface area contributed by atoms with Crippen LogP contribution in [0.25, 0.3) is 0 Å². The molecule has 0 aromatic rings. The number of carboxylic acids is 1. The largest absolute Gasteiger partial charge is 0.477 e. The summed E-state index contributed by atoms with van der Waals surface area (Å²) in [6.07, 6.45) is 33.9. The highest BCUT2D eigenvalue weighted by Gasteiger charge is 2.60. The monoisotopic (exact) mass is 1460 g/mol. The van der Waals surface area contributed by atoms with Crippen LogP contribution in [0, 0.1) is 0 Å². The number of carbonyl (C=O) groups is 3. The molecule has 3 aliphatic rings. The Morgan fingerprint density at radius 1 is 0.510 bits per heavy atom. The van der Waals surface area contributed by atoms with Crippen LogP contribution < -0.4 is 10.6 Å². The summed E-state index contributed by atoms with van der Waals surface area (Å²) in [6, 6.07) is -2.62. The summed E-state index contributed by atoms with van der Waals surface area (Å²) in [4.78, 5) is 38.7. The van der Waals surface area contributed by atoms with Gasteiger partial charge in [-0.05, 0) is 19.3 Å². The molecular weight excluding hydrogens is 1310 g/mol. The maximum Gasteiger partial charge on any atom is 0.364 e. The fraction of sp³-hybridized carbons (Fsp3) is 0.937. The van der Waals surface area contributed by atoms with Crippen LogP contribution in [0.4, 0.5) is 0 Å². The Labute approximate surface area is 613 Å². The van der Waals surface area contributed by atoms with Crippen LogP contribution in [0.1, 0.15) is 335 Å². The standard InChI is InChI=1S/C79H148N2O21/c1-4-6-8-10-12-14-16-18-20-22-24-26-28-29-31-33-35-37-39-41-43-45-47-49-51-53-66(89)81-60(61(86)52-50-48-46-44-42-40-38-36-34-32-30-27-25-23-21-19-17-15-13-11-9-7-5-2)58-97-76-71(93)70(92)73(65(57-84)99-76)100-77-72(94)75(69(91)64(56-83)98-77)102-79(78(95)96)54-62(87)67(80-59(3)85)74(101-79)68(90)63(88)55-82/h50,52,60-65,67-77,82-84,86-88,90-94H,4-49,51,53-58H2,1-3H3,(H,80,85)(H,81,89)(H,95,96)/b52-50+. The van der Waals surface area contributed by atoms with Crippen molar-refractivity contribution < 1.29 is 104 Å². The van der Waals surface area contributed by atoms with Crippen LogP contribution in [-0.2, 0) is 42.8 Å². The lowest BCUT2D eigenvalue weighted by Gasteiger charge is -2.50. The van der Waals surface area contributed by atoms with E-state index in [-0.39, 0.29) is 12.3 Å². The SMILES string of the molecule is CCCCCCCCCCCCCCCCCCCCCCC/C=C/C(O)C(COC1OC(CO)C(OC2OC(CO)C(O)C(OC3(C(=O)O)CC(O)C(NC(C)=O)C(C(O)C(O)CO)O3)C2O)C(O)C1O)NC(=O)CCCCCCCCCCCCCCCCCCCCCCCCCCC. The van der Waals surface area contributed by atoms with E-state index < -0.39 is 155 Å². The lowest BCUT2D eigenvalue weighted by molar-refractivity contribution is -0.386. The number of aliphatic hydroxyl groups is 11. The summed E-state index contributed by atoms with van der Waals surface area (Å²) in [6.45, 7) is 2.20. The molecule has 2 amide bonds. The van der Waals surface area contributed by atoms with Gasteiger partial charge in [0.2, 0.25) is 11.8 Å². The second kappa shape index (κ2) is 58.5. The van der Waals surface area contributed by atoms with Gasteiger partial charge in [-0.15, -0.1) is 0 Å². The van der Waals surface area contributed by atoms with Gasteiger partial charge in [-0.2, -0.15) is 0 Å². The normalized spacial score (nSPS) is 26.7. The molecule has 23 nitrogen and oxygen atoms in total. The smallest absolute Gasteiger partial charge is 0.364 e. The van der Waals surface area contributed by atoms with Crippen LogP contribution in [0.5, 0.6) is 0 Å². The van der Waals surface area contributed by atoms with Gasteiger partial charge in [0.1, 0.15) is 67.1 Å². The van der Waals surface area contributed by atoms with Gasteiger partial charge in [0.15, 0.2) is 12.6 Å². The summed E-state index contributed by atoms with van der Waals surface area (Å²) < 4.78 is 34.9. The minimum Gasteiger partial charge on any atom is -0.477 e. The van der Waals surface area contributed by atoms with E-state index in [9.17, 15) is 75.7 Å². The first-order valence-corrected chi connectivity index (χ1v) is 41.1. The lowest BCUT2D eigenvalue weighted by atomic mass is 9.88. The molecule has 18 unspecified atom stereocenters. The van der Waals surface area contributed by atoms with Crippen LogP contribution >= 0.6 is 0 Å². The van der Waals surface area contributed by atoms with Crippen LogP contribution in [-0.4, -0.2) is 215 Å². The zero-order valence-electron chi connectivity index (χ0n) is 63.5. The number of allylic oxidation sites excluding steroid dienone is 1. The number of hydrogen-bond donors (Lipinski definition) is 14. The number of aliphatic carboxylic acids is 1. The van der Waals surface area contributed by atoms with Crippen molar-refractivity contribution in [2.45, 2.75) is 445 Å². The molecule has 18 atom stereocenters. The predicted octanol–water partition coefficient (Wildman–Crippen LogP) is 11.0. The minimum atomic E-state index is -3.08. The molecule has 0 aromatic carbocycles. The number of hydrogen-bond acceptors (Lipinski definition) is 20. The third-order valence-corrected chi connectivity index (χ3v) is 21.0. The molecule has 0 spiro atoms. The molecule has 0 aromatic heterocycles. The van der Waals surface area contributed by atoms with Crippen molar-refractivity contribution in [3.05, 3.63) is 12.2 Å². The second-order valence-corrected chi connectivity index (χ2v) is 30.0. The number of aliphatic hydroxyl groups excluding tert-OH is 11. The molecule has 600 valence electrons. The van der Waals surface area contributed by atoms with Crippen LogP contribution in [0.3, 0.4) is 0 Å². The molecule has 3 fully saturated rings. The number of rotatable bonds is 65. The van der Waals surface area contributed by atoms with Gasteiger partial charge in [0.25, 0.3) is 5.79 Å². The topological polar surface area (TPSA) is 373 Å². The number of nitrogens with one attached hydrogen (secondary N) is 2. The molecule has 0 aliphatic carbocycles. The zero-order chi connectivity index (χ0) is 74.6. The first kappa shape index (κ1) is 93.7. The second-order valence-electron chi connectivity index (χ2n) is 30.0. The van der Waals surface area contributed by atoms with Gasteiger partial charge in [0, 0.05) is 19.8 Å². The lowest BCUT2D eigenvalue weighted by Crippen LogP contribution is -2.70. The Bertz CT molecular complexity index is 2080. The molecule has 3 aliphatic heterocycles. The fourth-order valence-corrected chi connectivity index (χ4v) is 14.5. The summed E-state index contributed by atoms with van der Waals surface area (Å²) in [5, 5.41) is 136. The van der Waals surface area contributed by atoms with Crippen molar-refractivity contribution in [1.82, 2.24) is 10.6 Å². The van der Waals surface area contributed by atoms with Gasteiger partial charge in [0.05, 0.1) is 50.7 Å². The van der Waals surface area contributed by atoms with Crippen molar-refractivity contribution in [2.75, 3.05) is 26.4 Å². The van der Waals surface area contributed by atoms with E-state index >= 15 is 0 Å². The number of unbranched alkanes of at least 4 members (excludes halogenated alkanes) is 45. The number of carbonyl (C=O) groups excluding carboxylic acids is 2. The van der Waals surface area contributed by atoms with Crippen molar-refractivity contribution >= 4 is 17.8 Å². The highest BCUT2D eigenvalue weighted by Crippen LogP contribution is 2.39. The van der Waals surface area contributed by atoms with Crippen LogP contribution in [0.15, 0.2) is 12.2 Å². The van der Waals surface area contributed by atoms with Crippen molar-refractivity contribution in [3.8, 4) is 0 Å². The average molecular weight is 1460 g/mol. The Morgan fingerprint density at radius 3 is 1.30 bits per heavy atom. The van der Waals surface area contributed by atoms with E-state index in [0.717, 1.165) is 51.9 Å². The van der Waals surface area contributed by atoms with E-state index in [2.05, 4.69) is 24.5 Å². The predicted molar refractivity (Wildman–Crippen MR) is 394 cm³/mol. The summed E-state index contributed by atoms with van der Waals surface area (Å²) in [7, 11) is 0. The van der Waals surface area contributed by atoms with Crippen molar-refractivity contribution in [3.63, 3.8) is 0 Å². The van der Waals surface area contributed by atoms with E-state index in [1.807, 2.05) is 6.08 Å². The molecule has 23 heteroatoms. The van der Waals surface area contributed by atoms with Crippen molar-refractivity contribution in [2.24, 2.45) is 0 Å². The molecule has 0 bridgehead atoms. The number of carboxylic acid groups (broad SMARTS) is 1. The highest BCUT2D eigenvalue weighted by molar-refractivity contribution is 5.77. The molecule has 3 saturated heterocycles. The third-order valence-electron chi connectivity index (χ3n) is 21.0. The van der Waals surface area contributed by atoms with Gasteiger partial charge in [-0.3, -0.25) is 9.59 Å². The highest BCUT2D eigenvalue weighted by atomic mass is 16.8. The third kappa shape index (κ3) is 38.5. The van der Waals surface area contributed by atoms with Gasteiger partial charge >= 0.3 is 5.97 Å². The Morgan fingerprint density at radius 2 is 0.912 bits per heavy atom. The molecule has 14 N–H and O–H groups in total. The molecule has 3 heterocycles. The maximum absolute atomic E-state index is 13.5. The van der Waals surface area contributed by atoms with Gasteiger partial charge in [-0.1, -0.05) is 309 Å². The molecule has 102 heavy (non-hydrogen) atoms. The van der Waals surface area contributed by atoms with E-state index in [1.54, 1.807) is 6.08 Å². The first-order chi connectivity index (χ1) is 49.4. The number of ether oxygens (including phenoxy) is 6. The van der Waals surface area contributed by atoms with Crippen LogP contribution in [0.2, 0.25) is 0 Å². The Kier molecular flexibility index (Phi) is 53.7. The maximum atomic E-state index is 13.5. The zero-order valence-corrected chi connectivity index (χ0v) is 63.5. The Balaban J connectivity index is 1.52. The van der Waals surface area contributed by atoms with Crippen molar-refractivity contribution in [1.29, 1.82) is 0 Å². The fourth-order valence-electron chi connectivity index (χ4n) is 14.5. The molecule has 0 radical (unpaired) electrons. The summed E-state index contributed by atoms with van der Waals surface area (Å²) in [5.41, 5.74) is 0. The average Bonchev–Trinajstić information content (AvgIpc) is 0.756. The van der Waals surface area contributed by atoms with Gasteiger partial charge in [-0.25, -0.2) is 4.79 Å².